The molecule has 0 radical (unpaired) electrons. The first kappa shape index (κ1) is 26.9. The van der Waals surface area contributed by atoms with Crippen LogP contribution in [-0.4, -0.2) is 53.3 Å². The van der Waals surface area contributed by atoms with E-state index in [0.717, 1.165) is 12.6 Å². The smallest absolute Gasteiger partial charge is 0.338 e. The summed E-state index contributed by atoms with van der Waals surface area (Å²) in [7, 11) is -3.99. The second-order valence-electron chi connectivity index (χ2n) is 7.59. The van der Waals surface area contributed by atoms with Gasteiger partial charge in [0.05, 0.1) is 10.5 Å². The van der Waals surface area contributed by atoms with Gasteiger partial charge in [-0.15, -0.1) is 10.2 Å². The van der Waals surface area contributed by atoms with Gasteiger partial charge >= 0.3 is 5.97 Å². The van der Waals surface area contributed by atoms with Crippen LogP contribution in [0.4, 0.5) is 5.69 Å². The Morgan fingerprint density at radius 2 is 1.69 bits per heavy atom. The molecule has 1 atom stereocenters. The van der Waals surface area contributed by atoms with Gasteiger partial charge in [-0.05, 0) is 68.1 Å². The molecule has 36 heavy (non-hydrogen) atoms. The quantitative estimate of drug-likeness (QED) is 0.314. The van der Waals surface area contributed by atoms with Gasteiger partial charge in [-0.2, -0.15) is 0 Å². The number of thioether (sulfide) groups is 1. The van der Waals surface area contributed by atoms with Crippen molar-refractivity contribution < 1.29 is 27.5 Å². The number of carbonyl (C=O) groups is 3. The van der Waals surface area contributed by atoms with E-state index in [0.29, 0.717) is 16.7 Å². The predicted molar refractivity (Wildman–Crippen MR) is 133 cm³/mol. The molecule has 2 N–H and O–H groups in total. The van der Waals surface area contributed by atoms with Crippen LogP contribution in [0.1, 0.15) is 36.5 Å². The summed E-state index contributed by atoms with van der Waals surface area (Å²) in [6.07, 6.45) is 1.05. The molecular formula is C23H25N5O6S2. The van der Waals surface area contributed by atoms with E-state index in [4.69, 9.17) is 4.74 Å². The maximum absolute atomic E-state index is 12.7. The minimum Gasteiger partial charge on any atom is -0.449 e. The van der Waals surface area contributed by atoms with Crippen molar-refractivity contribution in [3.63, 3.8) is 0 Å². The molecule has 11 nitrogen and oxygen atoms in total. The van der Waals surface area contributed by atoms with Crippen LogP contribution in [0.3, 0.4) is 0 Å². The number of anilines is 1. The van der Waals surface area contributed by atoms with E-state index in [1.54, 1.807) is 31.2 Å². The number of nitrogens with zero attached hydrogens (tertiary/aromatic N) is 3. The molecule has 3 rings (SSSR count). The third-order valence-corrected chi connectivity index (χ3v) is 7.04. The predicted octanol–water partition coefficient (Wildman–Crippen LogP) is 2.70. The second kappa shape index (κ2) is 11.4. The monoisotopic (exact) mass is 531 g/mol. The van der Waals surface area contributed by atoms with Crippen LogP contribution >= 0.6 is 11.8 Å². The molecule has 13 heteroatoms. The van der Waals surface area contributed by atoms with Crippen LogP contribution in [-0.2, 0) is 24.3 Å². The standard InChI is InChI=1S/C23H25N5O6S2/c1-5-20(21(30)24-17-8-12-19(13-9-17)36(32,33)27-15(3)29)34-22(31)16-6-10-18(11-7-16)28-14(2)25-26-23(28)35-4/h6-13,20H,5H2,1-4H3,(H,24,30)(H,27,29). The van der Waals surface area contributed by atoms with Gasteiger partial charge in [0.1, 0.15) is 5.82 Å². The highest BCUT2D eigenvalue weighted by Crippen LogP contribution is 2.21. The average Bonchev–Trinajstić information content (AvgIpc) is 3.22. The summed E-state index contributed by atoms with van der Waals surface area (Å²) in [5, 5.41) is 11.5. The van der Waals surface area contributed by atoms with E-state index >= 15 is 0 Å². The lowest BCUT2D eigenvalue weighted by Crippen LogP contribution is -2.32. The molecule has 1 aromatic heterocycles. The van der Waals surface area contributed by atoms with E-state index in [-0.39, 0.29) is 16.9 Å². The summed E-state index contributed by atoms with van der Waals surface area (Å²) in [4.78, 5) is 36.3. The lowest BCUT2D eigenvalue weighted by Gasteiger charge is -2.16. The minimum absolute atomic E-state index is 0.135. The van der Waals surface area contributed by atoms with Crippen LogP contribution in [0.25, 0.3) is 5.69 Å². The summed E-state index contributed by atoms with van der Waals surface area (Å²) in [6.45, 7) is 4.61. The van der Waals surface area contributed by atoms with Gasteiger partial charge in [-0.25, -0.2) is 17.9 Å². The van der Waals surface area contributed by atoms with E-state index in [1.165, 1.54) is 36.0 Å². The Kier molecular flexibility index (Phi) is 8.48. The molecule has 0 aliphatic carbocycles. The zero-order valence-corrected chi connectivity index (χ0v) is 21.6. The minimum atomic E-state index is -3.99. The Morgan fingerprint density at radius 3 is 2.25 bits per heavy atom. The summed E-state index contributed by atoms with van der Waals surface area (Å²) in [5.41, 5.74) is 1.36. The topological polar surface area (TPSA) is 149 Å². The summed E-state index contributed by atoms with van der Waals surface area (Å²) in [5.74, 6) is -1.23. The number of esters is 1. The average molecular weight is 532 g/mol. The number of ether oxygens (including phenoxy) is 1. The van der Waals surface area contributed by atoms with E-state index in [2.05, 4.69) is 15.5 Å². The molecule has 0 saturated heterocycles. The van der Waals surface area contributed by atoms with Crippen molar-refractivity contribution in [2.45, 2.75) is 43.3 Å². The number of amides is 2. The molecular weight excluding hydrogens is 506 g/mol. The molecule has 1 heterocycles. The maximum Gasteiger partial charge on any atom is 0.338 e. The molecule has 2 amide bonds. The van der Waals surface area contributed by atoms with E-state index < -0.39 is 33.9 Å². The van der Waals surface area contributed by atoms with Crippen molar-refractivity contribution in [1.29, 1.82) is 0 Å². The van der Waals surface area contributed by atoms with Crippen LogP contribution in [0.5, 0.6) is 0 Å². The normalized spacial score (nSPS) is 12.0. The van der Waals surface area contributed by atoms with E-state index in [1.807, 2.05) is 22.5 Å². The van der Waals surface area contributed by atoms with Crippen molar-refractivity contribution in [2.24, 2.45) is 0 Å². The van der Waals surface area contributed by atoms with Gasteiger partial charge in [-0.3, -0.25) is 14.2 Å². The first-order chi connectivity index (χ1) is 17.1. The SMILES string of the molecule is CCC(OC(=O)c1ccc(-n2c(C)nnc2SC)cc1)C(=O)Nc1ccc(S(=O)(=O)NC(C)=O)cc1. The fourth-order valence-corrected chi connectivity index (χ4v) is 4.76. The molecule has 0 aliphatic heterocycles. The highest BCUT2D eigenvalue weighted by molar-refractivity contribution is 7.98. The number of nitrogens with one attached hydrogen (secondary N) is 2. The molecule has 190 valence electrons. The van der Waals surface area contributed by atoms with Gasteiger partial charge < -0.3 is 10.1 Å². The first-order valence-corrected chi connectivity index (χ1v) is 13.5. The van der Waals surface area contributed by atoms with Crippen LogP contribution in [0, 0.1) is 6.92 Å². The van der Waals surface area contributed by atoms with Crippen molar-refractivity contribution in [1.82, 2.24) is 19.5 Å². The Balaban J connectivity index is 1.66. The number of hydrogen-bond acceptors (Lipinski definition) is 9. The van der Waals surface area contributed by atoms with E-state index in [9.17, 15) is 22.8 Å². The lowest BCUT2D eigenvalue weighted by molar-refractivity contribution is -0.124. The molecule has 0 spiro atoms. The Labute approximate surface area is 212 Å². The molecule has 0 saturated carbocycles. The van der Waals surface area contributed by atoms with Crippen LogP contribution in [0.2, 0.25) is 0 Å². The van der Waals surface area contributed by atoms with Gasteiger partial charge in [0.25, 0.3) is 15.9 Å². The number of benzene rings is 2. The summed E-state index contributed by atoms with van der Waals surface area (Å²) >= 11 is 1.45. The molecule has 0 fully saturated rings. The third kappa shape index (κ3) is 6.29. The Bertz CT molecular complexity index is 1370. The number of hydrogen-bond donors (Lipinski definition) is 2. The molecule has 1 unspecified atom stereocenters. The molecule has 2 aromatic carbocycles. The van der Waals surface area contributed by atoms with Crippen LogP contribution in [0.15, 0.2) is 58.6 Å². The highest BCUT2D eigenvalue weighted by atomic mass is 32.2. The molecule has 0 aliphatic rings. The van der Waals surface area contributed by atoms with Crippen molar-refractivity contribution >= 4 is 45.3 Å². The third-order valence-electron chi connectivity index (χ3n) is 4.96. The molecule has 0 bridgehead atoms. The van der Waals surface area contributed by atoms with Gasteiger partial charge in [0, 0.05) is 18.3 Å². The zero-order chi connectivity index (χ0) is 26.5. The first-order valence-electron chi connectivity index (χ1n) is 10.8. The van der Waals surface area contributed by atoms with Gasteiger partial charge in [-0.1, -0.05) is 18.7 Å². The number of carbonyl (C=O) groups excluding carboxylic acids is 3. The summed E-state index contributed by atoms with van der Waals surface area (Å²) < 4.78 is 33.2. The number of sulfonamides is 1. The zero-order valence-electron chi connectivity index (χ0n) is 20.0. The highest BCUT2D eigenvalue weighted by Gasteiger charge is 2.23. The largest absolute Gasteiger partial charge is 0.449 e. The number of aromatic nitrogens is 3. The van der Waals surface area contributed by atoms with Gasteiger partial charge in [0.15, 0.2) is 11.3 Å². The Hall–Kier alpha value is -3.71. The van der Waals surface area contributed by atoms with Crippen molar-refractivity contribution in [2.75, 3.05) is 11.6 Å². The fraction of sp³-hybridized carbons (Fsp3) is 0.261. The van der Waals surface area contributed by atoms with Gasteiger partial charge in [0.2, 0.25) is 5.91 Å². The fourth-order valence-electron chi connectivity index (χ4n) is 3.23. The van der Waals surface area contributed by atoms with Crippen LogP contribution < -0.4 is 10.0 Å². The number of aryl methyl sites for hydroxylation is 1. The Morgan fingerprint density at radius 1 is 1.06 bits per heavy atom. The summed E-state index contributed by atoms with van der Waals surface area (Å²) in [6, 6.07) is 11.9. The second-order valence-corrected chi connectivity index (χ2v) is 10.0. The van der Waals surface area contributed by atoms with Crippen molar-refractivity contribution in [3.05, 3.63) is 59.9 Å². The van der Waals surface area contributed by atoms with Crippen molar-refractivity contribution in [3.8, 4) is 5.69 Å². The maximum atomic E-state index is 12.7. The lowest BCUT2D eigenvalue weighted by atomic mass is 10.2. The molecule has 3 aromatic rings. The number of rotatable bonds is 9.